The number of fused-ring (bicyclic) bond motifs is 8. The Labute approximate surface area is 270 Å². The molecule has 0 aliphatic heterocycles. The molecule has 7 rings (SSSR count). The predicted molar refractivity (Wildman–Crippen MR) is 178 cm³/mol. The number of halogens is 1. The van der Waals surface area contributed by atoms with Gasteiger partial charge in [0.2, 0.25) is 0 Å². The fourth-order valence-electron chi connectivity index (χ4n) is 12.2. The molecule has 5 aliphatic rings. The van der Waals surface area contributed by atoms with E-state index in [1.165, 1.54) is 24.1 Å². The fraction of sp³-hybridized carbons (Fsp3) is 0.650. The zero-order valence-electron chi connectivity index (χ0n) is 28.0. The number of rotatable bonds is 3. The average molecular weight is 614 g/mol. The lowest BCUT2D eigenvalue weighted by molar-refractivity contribution is -0.184. The van der Waals surface area contributed by atoms with Crippen LogP contribution in [0, 0.1) is 51.2 Å². The average Bonchev–Trinajstić information content (AvgIpc) is 2.99. The summed E-state index contributed by atoms with van der Waals surface area (Å²) in [4.78, 5) is 19.2. The minimum atomic E-state index is -0.410. The van der Waals surface area contributed by atoms with Crippen molar-refractivity contribution in [2.45, 2.75) is 112 Å². The zero-order chi connectivity index (χ0) is 31.3. The Morgan fingerprint density at radius 2 is 1.68 bits per heavy atom. The van der Waals surface area contributed by atoms with Gasteiger partial charge in [-0.2, -0.15) is 0 Å². The summed E-state index contributed by atoms with van der Waals surface area (Å²) >= 11 is 6.45. The van der Waals surface area contributed by atoms with Crippen LogP contribution in [0.2, 0.25) is 5.15 Å². The SMILES string of the molecule is C[C@@H]1[C@H]2C3=CC[C@H]4[C@]5(C)Cc6ccc(Cl)nc6C(C)(C)[C@H]5CC[C@]4(C)[C@]3(C)CC[C@@]2(C(=O)OCc2ccccc2)CC[C@@H]1C. The molecular formula is C40H52ClNO2. The Morgan fingerprint density at radius 3 is 2.43 bits per heavy atom. The molecule has 1 heterocycles. The first-order valence-electron chi connectivity index (χ1n) is 17.4. The molecular weight excluding hydrogens is 562 g/mol. The molecule has 236 valence electrons. The summed E-state index contributed by atoms with van der Waals surface area (Å²) in [5, 5.41) is 0.614. The fourth-order valence-corrected chi connectivity index (χ4v) is 12.4. The molecule has 5 aliphatic carbocycles. The molecule has 0 saturated heterocycles. The van der Waals surface area contributed by atoms with Crippen molar-refractivity contribution in [3.8, 4) is 0 Å². The predicted octanol–water partition coefficient (Wildman–Crippen LogP) is 10.1. The van der Waals surface area contributed by atoms with Gasteiger partial charge in [0.25, 0.3) is 0 Å². The number of aromatic nitrogens is 1. The van der Waals surface area contributed by atoms with E-state index >= 15 is 0 Å². The van der Waals surface area contributed by atoms with Crippen molar-refractivity contribution in [1.82, 2.24) is 4.98 Å². The normalized spacial score (nSPS) is 42.0. The lowest BCUT2D eigenvalue weighted by Crippen LogP contribution is -2.65. The van der Waals surface area contributed by atoms with Crippen LogP contribution in [-0.2, 0) is 28.0 Å². The number of carbonyl (C=O) groups is 1. The summed E-state index contributed by atoms with van der Waals surface area (Å²) < 4.78 is 6.23. The third-order valence-corrected chi connectivity index (χ3v) is 15.1. The second kappa shape index (κ2) is 10.2. The maximum absolute atomic E-state index is 14.3. The molecule has 0 bridgehead atoms. The molecule has 0 amide bonds. The Bertz CT molecular complexity index is 1500. The van der Waals surface area contributed by atoms with Crippen molar-refractivity contribution in [3.63, 3.8) is 0 Å². The summed E-state index contributed by atoms with van der Waals surface area (Å²) in [6.07, 6.45) is 11.4. The smallest absolute Gasteiger partial charge is 0.313 e. The van der Waals surface area contributed by atoms with Crippen molar-refractivity contribution < 1.29 is 9.53 Å². The van der Waals surface area contributed by atoms with E-state index in [4.69, 9.17) is 21.3 Å². The van der Waals surface area contributed by atoms with Crippen molar-refractivity contribution in [3.05, 3.63) is 76.1 Å². The van der Waals surface area contributed by atoms with Crippen LogP contribution in [0.3, 0.4) is 0 Å². The number of esters is 1. The second-order valence-electron chi connectivity index (χ2n) is 16.9. The summed E-state index contributed by atoms with van der Waals surface area (Å²) in [5.41, 5.74) is 5.28. The molecule has 2 aromatic rings. The highest BCUT2D eigenvalue weighted by molar-refractivity contribution is 6.29. The van der Waals surface area contributed by atoms with Crippen LogP contribution in [0.1, 0.15) is 110 Å². The molecule has 0 unspecified atom stereocenters. The van der Waals surface area contributed by atoms with E-state index in [0.717, 1.165) is 44.1 Å². The van der Waals surface area contributed by atoms with E-state index in [0.29, 0.717) is 35.4 Å². The second-order valence-corrected chi connectivity index (χ2v) is 17.3. The monoisotopic (exact) mass is 613 g/mol. The molecule has 1 aromatic carbocycles. The van der Waals surface area contributed by atoms with Crippen LogP contribution in [-0.4, -0.2) is 11.0 Å². The van der Waals surface area contributed by atoms with E-state index < -0.39 is 5.41 Å². The molecule has 0 radical (unpaired) electrons. The number of allylic oxidation sites excluding steroid dienone is 2. The van der Waals surface area contributed by atoms with E-state index in [9.17, 15) is 4.79 Å². The quantitative estimate of drug-likeness (QED) is 0.196. The van der Waals surface area contributed by atoms with E-state index in [1.54, 1.807) is 5.57 Å². The van der Waals surface area contributed by atoms with Gasteiger partial charge in [-0.05, 0) is 114 Å². The molecule has 3 saturated carbocycles. The number of carbonyl (C=O) groups excluding carboxylic acids is 1. The minimum absolute atomic E-state index is 0.0169. The van der Waals surface area contributed by atoms with E-state index in [1.807, 2.05) is 24.3 Å². The third kappa shape index (κ3) is 4.06. The molecule has 3 fully saturated rings. The number of benzene rings is 1. The zero-order valence-corrected chi connectivity index (χ0v) is 28.8. The topological polar surface area (TPSA) is 39.2 Å². The number of ether oxygens (including phenoxy) is 1. The number of hydrogen-bond acceptors (Lipinski definition) is 3. The lowest BCUT2D eigenvalue weighted by atomic mass is 9.33. The third-order valence-electron chi connectivity index (χ3n) is 14.9. The molecule has 44 heavy (non-hydrogen) atoms. The van der Waals surface area contributed by atoms with Crippen molar-refractivity contribution >= 4 is 17.6 Å². The van der Waals surface area contributed by atoms with Crippen molar-refractivity contribution in [1.29, 1.82) is 0 Å². The summed E-state index contributed by atoms with van der Waals surface area (Å²) in [6, 6.07) is 14.4. The van der Waals surface area contributed by atoms with Gasteiger partial charge in [-0.25, -0.2) is 4.98 Å². The number of pyridine rings is 1. The highest BCUT2D eigenvalue weighted by Gasteiger charge is 2.69. The van der Waals surface area contributed by atoms with Gasteiger partial charge in [0.05, 0.1) is 11.1 Å². The highest BCUT2D eigenvalue weighted by Crippen LogP contribution is 2.75. The van der Waals surface area contributed by atoms with Gasteiger partial charge < -0.3 is 4.74 Å². The molecule has 1 aromatic heterocycles. The van der Waals surface area contributed by atoms with Crippen LogP contribution >= 0.6 is 11.6 Å². The number of hydrogen-bond donors (Lipinski definition) is 0. The van der Waals surface area contributed by atoms with Crippen molar-refractivity contribution in [2.75, 3.05) is 0 Å². The first-order chi connectivity index (χ1) is 20.8. The molecule has 3 nitrogen and oxygen atoms in total. The Balaban J connectivity index is 1.27. The molecule has 0 spiro atoms. The van der Waals surface area contributed by atoms with E-state index in [-0.39, 0.29) is 33.5 Å². The van der Waals surface area contributed by atoms with Gasteiger partial charge in [-0.15, -0.1) is 0 Å². The standard InChI is InChI=1S/C40H52ClNO2/c1-25-17-20-40(35(43)44-24-27-11-9-8-10-12-27)22-21-38(6)29(33(40)26(25)2)14-15-31-37(5)23-28-13-16-32(41)42-34(28)36(3,4)30(37)18-19-39(31,38)7/h8-14,16,25-26,30-31,33H,15,17-24H2,1-7H3/t25-,26-,30+,31-,33-,37+,38+,39-,40-/m0/s1. The van der Waals surface area contributed by atoms with Gasteiger partial charge in [-0.1, -0.05) is 108 Å². The van der Waals surface area contributed by atoms with Crippen LogP contribution in [0.15, 0.2) is 54.1 Å². The summed E-state index contributed by atoms with van der Waals surface area (Å²) in [7, 11) is 0. The highest BCUT2D eigenvalue weighted by atomic mass is 35.5. The van der Waals surface area contributed by atoms with E-state index in [2.05, 4.69) is 72.7 Å². The van der Waals surface area contributed by atoms with Crippen LogP contribution in [0.4, 0.5) is 0 Å². The van der Waals surface area contributed by atoms with Gasteiger partial charge in [-0.3, -0.25) is 4.79 Å². The van der Waals surface area contributed by atoms with Crippen molar-refractivity contribution in [2.24, 2.45) is 51.2 Å². The minimum Gasteiger partial charge on any atom is -0.460 e. The molecule has 9 atom stereocenters. The summed E-state index contributed by atoms with van der Waals surface area (Å²) in [5.74, 6) is 2.52. The van der Waals surface area contributed by atoms with Gasteiger partial charge in [0.15, 0.2) is 0 Å². The Hall–Kier alpha value is -2.13. The van der Waals surface area contributed by atoms with Gasteiger partial charge in [0.1, 0.15) is 11.8 Å². The first-order valence-corrected chi connectivity index (χ1v) is 17.7. The van der Waals surface area contributed by atoms with Gasteiger partial charge >= 0.3 is 5.97 Å². The largest absolute Gasteiger partial charge is 0.460 e. The number of nitrogens with zero attached hydrogens (tertiary/aromatic N) is 1. The maximum Gasteiger partial charge on any atom is 0.313 e. The Morgan fingerprint density at radius 1 is 0.932 bits per heavy atom. The van der Waals surface area contributed by atoms with Crippen LogP contribution in [0.25, 0.3) is 0 Å². The lowest BCUT2D eigenvalue weighted by Gasteiger charge is -2.71. The maximum atomic E-state index is 14.3. The molecule has 4 heteroatoms. The summed E-state index contributed by atoms with van der Waals surface area (Å²) in [6.45, 7) is 17.9. The Kier molecular flexibility index (Phi) is 7.06. The van der Waals surface area contributed by atoms with Crippen LogP contribution < -0.4 is 0 Å². The first kappa shape index (κ1) is 30.5. The van der Waals surface area contributed by atoms with Crippen LogP contribution in [0.5, 0.6) is 0 Å². The van der Waals surface area contributed by atoms with Gasteiger partial charge in [0, 0.05) is 5.41 Å². The molecule has 0 N–H and O–H groups in total.